The highest BCUT2D eigenvalue weighted by molar-refractivity contribution is 14.1. The van der Waals surface area contributed by atoms with Gasteiger partial charge in [-0.2, -0.15) is 13.2 Å². The molecule has 0 amide bonds. The Balaban J connectivity index is 2.67. The third-order valence-electron chi connectivity index (χ3n) is 2.15. The van der Waals surface area contributed by atoms with Crippen molar-refractivity contribution in [2.75, 3.05) is 0 Å². The summed E-state index contributed by atoms with van der Waals surface area (Å²) in [7, 11) is 0. The van der Waals surface area contributed by atoms with Crippen LogP contribution >= 0.6 is 34.8 Å². The minimum atomic E-state index is -4.40. The van der Waals surface area contributed by atoms with E-state index in [-0.39, 0.29) is 10.3 Å². The zero-order chi connectivity index (χ0) is 12.8. The van der Waals surface area contributed by atoms with E-state index in [4.69, 9.17) is 12.2 Å². The lowest BCUT2D eigenvalue weighted by Crippen LogP contribution is -2.17. The first-order chi connectivity index (χ1) is 7.78. The van der Waals surface area contributed by atoms with E-state index in [2.05, 4.69) is 4.98 Å². The van der Waals surface area contributed by atoms with Crippen molar-refractivity contribution in [3.05, 3.63) is 26.3 Å². The highest BCUT2D eigenvalue weighted by atomic mass is 127. The predicted octanol–water partition coefficient (Wildman–Crippen LogP) is 4.00. The first kappa shape index (κ1) is 12.8. The summed E-state index contributed by atoms with van der Waals surface area (Å²) < 4.78 is 51.4. The molecule has 92 valence electrons. The molecule has 1 heterocycles. The molecule has 0 radical (unpaired) electrons. The Kier molecular flexibility index (Phi) is 3.19. The number of nitrogens with zero attached hydrogens (tertiary/aromatic N) is 1. The Hall–Kier alpha value is -0.640. The van der Waals surface area contributed by atoms with Crippen LogP contribution in [0.1, 0.15) is 0 Å². The molecule has 0 aliphatic carbocycles. The van der Waals surface area contributed by atoms with Crippen molar-refractivity contribution in [3.8, 4) is 0 Å². The largest absolute Gasteiger partial charge is 0.406 e. The van der Waals surface area contributed by atoms with Crippen LogP contribution in [0.5, 0.6) is 0 Å². The van der Waals surface area contributed by atoms with Gasteiger partial charge in [0.1, 0.15) is 12.4 Å². The summed E-state index contributed by atoms with van der Waals surface area (Å²) in [6.45, 7) is -1.23. The number of hydrogen-bond acceptors (Lipinski definition) is 1. The van der Waals surface area contributed by atoms with Gasteiger partial charge in [0.2, 0.25) is 0 Å². The van der Waals surface area contributed by atoms with Gasteiger partial charge < -0.3 is 9.55 Å². The van der Waals surface area contributed by atoms with E-state index in [0.29, 0.717) is 9.09 Å². The number of alkyl halides is 3. The fourth-order valence-corrected chi connectivity index (χ4v) is 2.23. The fraction of sp³-hybridized carbons (Fsp3) is 0.222. The van der Waals surface area contributed by atoms with Gasteiger partial charge in [0.05, 0.1) is 14.6 Å². The van der Waals surface area contributed by atoms with Crippen LogP contribution in [0, 0.1) is 14.2 Å². The maximum absolute atomic E-state index is 13.3. The van der Waals surface area contributed by atoms with Gasteiger partial charge >= 0.3 is 6.18 Å². The third-order valence-corrected chi connectivity index (χ3v) is 3.30. The molecule has 0 atom stereocenters. The van der Waals surface area contributed by atoms with E-state index >= 15 is 0 Å². The Morgan fingerprint density at radius 1 is 1.35 bits per heavy atom. The average molecular weight is 376 g/mol. The fourth-order valence-electron chi connectivity index (χ4n) is 1.49. The number of aromatic amines is 1. The van der Waals surface area contributed by atoms with E-state index in [0.717, 1.165) is 10.6 Å². The molecule has 0 aliphatic heterocycles. The van der Waals surface area contributed by atoms with E-state index in [9.17, 15) is 17.6 Å². The monoisotopic (exact) mass is 376 g/mol. The highest BCUT2D eigenvalue weighted by Gasteiger charge is 2.29. The Morgan fingerprint density at radius 3 is 2.59 bits per heavy atom. The first-order valence-corrected chi connectivity index (χ1v) is 5.91. The van der Waals surface area contributed by atoms with Crippen molar-refractivity contribution in [1.82, 2.24) is 9.55 Å². The molecule has 8 heteroatoms. The molecule has 2 nitrogen and oxygen atoms in total. The van der Waals surface area contributed by atoms with Crippen molar-refractivity contribution in [1.29, 1.82) is 0 Å². The second-order valence-electron chi connectivity index (χ2n) is 3.41. The molecule has 1 N–H and O–H groups in total. The molecule has 2 aromatic rings. The number of nitrogens with one attached hydrogen (secondary N) is 1. The molecule has 1 aromatic heterocycles. The van der Waals surface area contributed by atoms with Gasteiger partial charge in [-0.05, 0) is 40.9 Å². The number of hydrogen-bond donors (Lipinski definition) is 1. The number of aromatic nitrogens is 2. The lowest BCUT2D eigenvalue weighted by Gasteiger charge is -2.08. The van der Waals surface area contributed by atoms with Gasteiger partial charge in [-0.1, -0.05) is 0 Å². The standard InChI is InChI=1S/C9H5F4IN2S/c10-4-1-7-6(2-5(4)14)15-8(17)16(7)3-9(11,12)13/h1-2H,3H2,(H,15,17). The van der Waals surface area contributed by atoms with Crippen LogP contribution in [-0.4, -0.2) is 15.7 Å². The summed E-state index contributed by atoms with van der Waals surface area (Å²) in [6.07, 6.45) is -4.40. The van der Waals surface area contributed by atoms with Crippen LogP contribution in [0.25, 0.3) is 11.0 Å². The van der Waals surface area contributed by atoms with Crippen molar-refractivity contribution in [2.45, 2.75) is 12.7 Å². The van der Waals surface area contributed by atoms with Crippen molar-refractivity contribution in [3.63, 3.8) is 0 Å². The molecule has 17 heavy (non-hydrogen) atoms. The Morgan fingerprint density at radius 2 is 2.00 bits per heavy atom. The number of H-pyrrole nitrogens is 1. The average Bonchev–Trinajstić information content (AvgIpc) is 2.43. The summed E-state index contributed by atoms with van der Waals surface area (Å²) in [4.78, 5) is 2.62. The highest BCUT2D eigenvalue weighted by Crippen LogP contribution is 2.24. The van der Waals surface area contributed by atoms with Gasteiger partial charge in [-0.3, -0.25) is 0 Å². The molecular weight excluding hydrogens is 371 g/mol. The first-order valence-electron chi connectivity index (χ1n) is 4.42. The zero-order valence-corrected chi connectivity index (χ0v) is 11.1. The second-order valence-corrected chi connectivity index (χ2v) is 4.96. The van der Waals surface area contributed by atoms with E-state index in [1.54, 1.807) is 22.6 Å². The summed E-state index contributed by atoms with van der Waals surface area (Å²) in [5, 5.41) is 0. The Labute approximate surface area is 112 Å². The Bertz CT molecular complexity index is 628. The molecule has 0 aliphatic rings. The minimum absolute atomic E-state index is 0.0706. The van der Waals surface area contributed by atoms with Gasteiger partial charge in [0.15, 0.2) is 4.77 Å². The maximum Gasteiger partial charge on any atom is 0.406 e. The van der Waals surface area contributed by atoms with Crippen LogP contribution in [0.15, 0.2) is 12.1 Å². The molecule has 0 saturated heterocycles. The molecule has 2 rings (SSSR count). The summed E-state index contributed by atoms with van der Waals surface area (Å²) in [5.41, 5.74) is 0.510. The number of benzene rings is 1. The minimum Gasteiger partial charge on any atom is -0.331 e. The molecule has 1 aromatic carbocycles. The van der Waals surface area contributed by atoms with Crippen LogP contribution in [0.3, 0.4) is 0 Å². The lowest BCUT2D eigenvalue weighted by molar-refractivity contribution is -0.140. The molecule has 0 spiro atoms. The van der Waals surface area contributed by atoms with Gasteiger partial charge in [-0.15, -0.1) is 0 Å². The number of imidazole rings is 1. The van der Waals surface area contributed by atoms with Crippen molar-refractivity contribution < 1.29 is 17.6 Å². The van der Waals surface area contributed by atoms with Crippen molar-refractivity contribution in [2.24, 2.45) is 0 Å². The third kappa shape index (κ3) is 2.62. The molecule has 0 bridgehead atoms. The predicted molar refractivity (Wildman–Crippen MR) is 65.9 cm³/mol. The number of rotatable bonds is 1. The lowest BCUT2D eigenvalue weighted by atomic mass is 10.3. The maximum atomic E-state index is 13.3. The zero-order valence-electron chi connectivity index (χ0n) is 8.11. The van der Waals surface area contributed by atoms with Crippen LogP contribution in [-0.2, 0) is 6.54 Å². The smallest absolute Gasteiger partial charge is 0.331 e. The van der Waals surface area contributed by atoms with Gasteiger partial charge in [0, 0.05) is 6.07 Å². The van der Waals surface area contributed by atoms with Crippen LogP contribution in [0.2, 0.25) is 0 Å². The van der Waals surface area contributed by atoms with Crippen LogP contribution in [0.4, 0.5) is 17.6 Å². The SMILES string of the molecule is Fc1cc2c(cc1I)[nH]c(=S)n2CC(F)(F)F. The summed E-state index contributed by atoms with van der Waals surface area (Å²) >= 11 is 6.55. The number of fused-ring (bicyclic) bond motifs is 1. The van der Waals surface area contributed by atoms with Gasteiger partial charge in [0.25, 0.3) is 0 Å². The summed E-state index contributed by atoms with van der Waals surface area (Å²) in [6, 6.07) is 2.48. The molecule has 0 fully saturated rings. The quantitative estimate of drug-likeness (QED) is 0.453. The van der Waals surface area contributed by atoms with Crippen molar-refractivity contribution >= 4 is 45.8 Å². The normalized spacial score (nSPS) is 12.3. The number of halogens is 5. The second kappa shape index (κ2) is 4.23. The summed E-state index contributed by atoms with van der Waals surface area (Å²) in [5.74, 6) is -0.567. The van der Waals surface area contributed by atoms with E-state index in [1.165, 1.54) is 6.07 Å². The molecule has 0 saturated carbocycles. The van der Waals surface area contributed by atoms with Crippen LogP contribution < -0.4 is 0 Å². The van der Waals surface area contributed by atoms with Gasteiger partial charge in [-0.25, -0.2) is 4.39 Å². The van der Waals surface area contributed by atoms with E-state index in [1.807, 2.05) is 0 Å². The topological polar surface area (TPSA) is 20.7 Å². The molecular formula is C9H5F4IN2S. The molecule has 0 unspecified atom stereocenters. The van der Waals surface area contributed by atoms with E-state index < -0.39 is 18.5 Å².